The Kier molecular flexibility index (Phi) is 7.99. The van der Waals surface area contributed by atoms with Crippen molar-refractivity contribution in [3.63, 3.8) is 0 Å². The Balaban J connectivity index is 1.61. The van der Waals surface area contributed by atoms with Crippen LogP contribution in [0.2, 0.25) is 0 Å². The molecule has 6 atom stereocenters. The van der Waals surface area contributed by atoms with Gasteiger partial charge in [-0.15, -0.1) is 0 Å². The molecule has 0 aliphatic heterocycles. The summed E-state index contributed by atoms with van der Waals surface area (Å²) in [6.45, 7) is 5.42. The van der Waals surface area contributed by atoms with E-state index in [0.29, 0.717) is 49.0 Å². The summed E-state index contributed by atoms with van der Waals surface area (Å²) in [6.07, 6.45) is 13.7. The van der Waals surface area contributed by atoms with Gasteiger partial charge in [0.2, 0.25) is 0 Å². The first-order valence-electron chi connectivity index (χ1n) is 11.8. The number of nitrogens with one attached hydrogen (secondary N) is 2. The number of urea groups is 1. The zero-order valence-corrected chi connectivity index (χ0v) is 18.6. The third-order valence-corrected chi connectivity index (χ3v) is 8.02. The van der Waals surface area contributed by atoms with Crippen LogP contribution in [0.25, 0.3) is 0 Å². The molecule has 0 radical (unpaired) electrons. The van der Waals surface area contributed by atoms with Crippen LogP contribution in [-0.4, -0.2) is 40.2 Å². The molecule has 30 heavy (non-hydrogen) atoms. The minimum absolute atomic E-state index is 0.337. The minimum Gasteiger partial charge on any atom is -0.393 e. The molecule has 0 bridgehead atoms. The Morgan fingerprint density at radius 1 is 1.23 bits per heavy atom. The summed E-state index contributed by atoms with van der Waals surface area (Å²) in [7, 11) is 0. The maximum atomic E-state index is 11.1. The van der Waals surface area contributed by atoms with Crippen molar-refractivity contribution in [1.82, 2.24) is 10.8 Å². The second-order valence-corrected chi connectivity index (χ2v) is 10.1. The molecule has 1 unspecified atom stereocenters. The largest absolute Gasteiger partial charge is 0.393 e. The molecule has 5 N–H and O–H groups in total. The third-order valence-electron chi connectivity index (χ3n) is 8.02. The van der Waals surface area contributed by atoms with Gasteiger partial charge in [-0.25, -0.2) is 10.3 Å². The molecule has 0 heterocycles. The van der Waals surface area contributed by atoms with Crippen LogP contribution in [0.4, 0.5) is 4.79 Å². The van der Waals surface area contributed by atoms with Crippen LogP contribution in [0.3, 0.4) is 0 Å². The van der Waals surface area contributed by atoms with Gasteiger partial charge in [0, 0.05) is 6.54 Å². The highest BCUT2D eigenvalue weighted by Gasteiger charge is 2.50. The lowest BCUT2D eigenvalue weighted by molar-refractivity contribution is 0.0609. The van der Waals surface area contributed by atoms with Crippen LogP contribution in [0.15, 0.2) is 23.3 Å². The summed E-state index contributed by atoms with van der Waals surface area (Å²) < 4.78 is 0. The van der Waals surface area contributed by atoms with Gasteiger partial charge in [-0.3, -0.25) is 5.21 Å². The predicted octanol–water partition coefficient (Wildman–Crippen LogP) is 4.07. The normalized spacial score (nSPS) is 36.3. The van der Waals surface area contributed by atoms with E-state index in [0.717, 1.165) is 19.3 Å². The first-order chi connectivity index (χ1) is 14.3. The molecular weight excluding hydrogens is 380 g/mol. The summed E-state index contributed by atoms with van der Waals surface area (Å²) in [5.74, 6) is 1.94. The quantitative estimate of drug-likeness (QED) is 0.254. The number of hydrogen-bond donors (Lipinski definition) is 5. The molecule has 3 rings (SSSR count). The van der Waals surface area contributed by atoms with E-state index in [-0.39, 0.29) is 0 Å². The second-order valence-electron chi connectivity index (χ2n) is 10.1. The van der Waals surface area contributed by atoms with E-state index < -0.39 is 18.2 Å². The van der Waals surface area contributed by atoms with Crippen molar-refractivity contribution in [3.8, 4) is 0 Å². The Morgan fingerprint density at radius 3 is 2.67 bits per heavy atom. The van der Waals surface area contributed by atoms with E-state index in [1.165, 1.54) is 31.3 Å². The smallest absolute Gasteiger partial charge is 0.338 e. The molecule has 0 aromatic carbocycles. The topological polar surface area (TPSA) is 102 Å². The van der Waals surface area contributed by atoms with Gasteiger partial charge >= 0.3 is 6.03 Å². The lowest BCUT2D eigenvalue weighted by Crippen LogP contribution is -2.36. The fourth-order valence-corrected chi connectivity index (χ4v) is 6.61. The van der Waals surface area contributed by atoms with Gasteiger partial charge in [-0.2, -0.15) is 0 Å². The van der Waals surface area contributed by atoms with Crippen molar-refractivity contribution >= 4 is 6.03 Å². The first-order valence-corrected chi connectivity index (χ1v) is 11.8. The van der Waals surface area contributed by atoms with E-state index >= 15 is 0 Å². The van der Waals surface area contributed by atoms with Crippen LogP contribution < -0.4 is 10.8 Å². The van der Waals surface area contributed by atoms with E-state index in [9.17, 15) is 15.0 Å². The van der Waals surface area contributed by atoms with Crippen molar-refractivity contribution < 1.29 is 20.2 Å². The highest BCUT2D eigenvalue weighted by atomic mass is 16.5. The number of amides is 2. The SMILES string of the molecule is C[C@H](CCCNC(=O)NO)[C@H]1CC[C@H]2/C(=C/C=C3C[C@@H](O)C[C@H](O)C3)CCCC12C. The van der Waals surface area contributed by atoms with Gasteiger partial charge in [0.1, 0.15) is 0 Å². The van der Waals surface area contributed by atoms with Crippen molar-refractivity contribution in [2.24, 2.45) is 23.2 Å². The molecule has 170 valence electrons. The summed E-state index contributed by atoms with van der Waals surface area (Å²) in [5, 5.41) is 31.1. The number of carbonyl (C=O) groups is 1. The standard InChI is InChI=1S/C24H40N2O4/c1-16(5-4-12-25-23(29)26-30)21-9-10-22-18(6-3-11-24(21,22)2)8-7-17-13-19(27)15-20(28)14-17/h7-8,16,19-22,27-28,30H,3-6,9-15H2,1-2H3,(H2,25,26,29)/b18-8+/t16-,19-,20-,21-,22+,24?/m1/s1. The average molecular weight is 421 g/mol. The maximum absolute atomic E-state index is 11.1. The fraction of sp³-hybridized carbons (Fsp3) is 0.792. The number of aliphatic hydroxyl groups is 2. The molecule has 6 nitrogen and oxygen atoms in total. The van der Waals surface area contributed by atoms with Gasteiger partial charge < -0.3 is 15.5 Å². The summed E-state index contributed by atoms with van der Waals surface area (Å²) in [5.41, 5.74) is 4.67. The molecule has 2 amide bonds. The van der Waals surface area contributed by atoms with E-state index in [2.05, 4.69) is 31.3 Å². The highest BCUT2D eigenvalue weighted by Crippen LogP contribution is 2.59. The molecule has 6 heteroatoms. The lowest BCUT2D eigenvalue weighted by Gasteiger charge is -2.44. The third kappa shape index (κ3) is 5.45. The van der Waals surface area contributed by atoms with Crippen molar-refractivity contribution in [2.75, 3.05) is 6.54 Å². The Bertz CT molecular complexity index is 650. The van der Waals surface area contributed by atoms with E-state index in [1.807, 2.05) is 0 Å². The molecule has 3 fully saturated rings. The van der Waals surface area contributed by atoms with Crippen LogP contribution >= 0.6 is 0 Å². The van der Waals surface area contributed by atoms with Gasteiger partial charge in [-0.1, -0.05) is 37.1 Å². The number of hydrogen-bond acceptors (Lipinski definition) is 4. The molecule has 0 aromatic rings. The Labute approximate surface area is 180 Å². The van der Waals surface area contributed by atoms with Crippen LogP contribution in [-0.2, 0) is 0 Å². The fourth-order valence-electron chi connectivity index (χ4n) is 6.61. The molecule has 3 aliphatic rings. The van der Waals surface area contributed by atoms with Crippen molar-refractivity contribution in [3.05, 3.63) is 23.3 Å². The van der Waals surface area contributed by atoms with Crippen LogP contribution in [0.5, 0.6) is 0 Å². The number of allylic oxidation sites excluding steroid dienone is 3. The Morgan fingerprint density at radius 2 is 1.97 bits per heavy atom. The molecule has 3 aliphatic carbocycles. The number of hydroxylamine groups is 1. The molecule has 3 saturated carbocycles. The molecule has 0 aromatic heterocycles. The monoisotopic (exact) mass is 420 g/mol. The van der Waals surface area contributed by atoms with Gasteiger partial charge in [0.15, 0.2) is 0 Å². The zero-order chi connectivity index (χ0) is 21.7. The van der Waals surface area contributed by atoms with Gasteiger partial charge in [0.25, 0.3) is 0 Å². The first kappa shape index (κ1) is 23.3. The average Bonchev–Trinajstić information content (AvgIpc) is 3.06. The number of rotatable bonds is 6. The predicted molar refractivity (Wildman–Crippen MR) is 117 cm³/mol. The second kappa shape index (κ2) is 10.3. The van der Waals surface area contributed by atoms with Crippen molar-refractivity contribution in [2.45, 2.75) is 90.3 Å². The molecule has 0 spiro atoms. The minimum atomic E-state index is -0.537. The summed E-state index contributed by atoms with van der Waals surface area (Å²) in [4.78, 5) is 11.1. The van der Waals surface area contributed by atoms with Crippen molar-refractivity contribution in [1.29, 1.82) is 0 Å². The summed E-state index contributed by atoms with van der Waals surface area (Å²) in [6, 6.07) is -0.537. The molecular formula is C24H40N2O4. The lowest BCUT2D eigenvalue weighted by atomic mass is 9.60. The molecule has 0 saturated heterocycles. The number of fused-ring (bicyclic) bond motifs is 1. The van der Waals surface area contributed by atoms with Gasteiger partial charge in [-0.05, 0) is 87.4 Å². The number of aliphatic hydroxyl groups excluding tert-OH is 2. The van der Waals surface area contributed by atoms with E-state index in [4.69, 9.17) is 5.21 Å². The zero-order valence-electron chi connectivity index (χ0n) is 18.6. The van der Waals surface area contributed by atoms with E-state index in [1.54, 1.807) is 11.1 Å². The Hall–Kier alpha value is -1.37. The van der Waals surface area contributed by atoms with Crippen LogP contribution in [0.1, 0.15) is 78.1 Å². The summed E-state index contributed by atoms with van der Waals surface area (Å²) >= 11 is 0. The number of carbonyl (C=O) groups excluding carboxylic acids is 1. The highest BCUT2D eigenvalue weighted by molar-refractivity contribution is 5.72. The van der Waals surface area contributed by atoms with Gasteiger partial charge in [0.05, 0.1) is 12.2 Å². The maximum Gasteiger partial charge on any atom is 0.338 e. The van der Waals surface area contributed by atoms with Crippen LogP contribution in [0, 0.1) is 23.2 Å².